The molecule has 96 valence electrons. The monoisotopic (exact) mass is 262 g/mol. The van der Waals surface area contributed by atoms with E-state index in [2.05, 4.69) is 41.7 Å². The van der Waals surface area contributed by atoms with Crippen LogP contribution in [0.3, 0.4) is 0 Å². The van der Waals surface area contributed by atoms with Crippen LogP contribution in [0.2, 0.25) is 0 Å². The molecule has 0 spiro atoms. The van der Waals surface area contributed by atoms with Gasteiger partial charge < -0.3 is 9.72 Å². The molecule has 0 unspecified atom stereocenters. The quantitative estimate of drug-likeness (QED) is 0.829. The number of hydrogen-bond donors (Lipinski definition) is 2. The molecule has 0 bridgehead atoms. The molecule has 0 saturated heterocycles. The molecule has 0 radical (unpaired) electrons. The molecule has 0 aliphatic carbocycles. The summed E-state index contributed by atoms with van der Waals surface area (Å²) in [7, 11) is 1.69. The van der Waals surface area contributed by atoms with Crippen LogP contribution in [0, 0.1) is 6.92 Å². The highest BCUT2D eigenvalue weighted by molar-refractivity contribution is 7.79. The summed E-state index contributed by atoms with van der Waals surface area (Å²) in [4.78, 5) is 7.81. The Morgan fingerprint density at radius 1 is 1.39 bits per heavy atom. The summed E-state index contributed by atoms with van der Waals surface area (Å²) in [6.07, 6.45) is 1.000. The maximum Gasteiger partial charge on any atom is 0.128 e. The molecule has 1 aromatic carbocycles. The van der Waals surface area contributed by atoms with Crippen molar-refractivity contribution in [2.24, 2.45) is 0 Å². The molecule has 0 atom stereocenters. The van der Waals surface area contributed by atoms with Gasteiger partial charge in [0.05, 0.1) is 12.8 Å². The first-order valence-electron chi connectivity index (χ1n) is 6.03. The normalized spacial score (nSPS) is 10.7. The number of H-pyrrole nitrogens is 1. The molecule has 4 heteroatoms. The van der Waals surface area contributed by atoms with E-state index in [0.29, 0.717) is 5.75 Å². The van der Waals surface area contributed by atoms with Gasteiger partial charge in [-0.1, -0.05) is 13.0 Å². The van der Waals surface area contributed by atoms with E-state index in [1.165, 1.54) is 5.56 Å². The van der Waals surface area contributed by atoms with Crippen molar-refractivity contribution in [3.8, 4) is 17.0 Å². The molecule has 3 nitrogen and oxygen atoms in total. The van der Waals surface area contributed by atoms with Gasteiger partial charge in [-0.15, -0.1) is 0 Å². The van der Waals surface area contributed by atoms with Crippen LogP contribution in [0.25, 0.3) is 11.3 Å². The van der Waals surface area contributed by atoms with Gasteiger partial charge in [-0.05, 0) is 31.0 Å². The van der Waals surface area contributed by atoms with E-state index in [9.17, 15) is 0 Å². The highest BCUT2D eigenvalue weighted by Crippen LogP contribution is 2.32. The lowest BCUT2D eigenvalue weighted by Crippen LogP contribution is -1.92. The fourth-order valence-electron chi connectivity index (χ4n) is 2.02. The van der Waals surface area contributed by atoms with Crippen LogP contribution in [0.5, 0.6) is 5.75 Å². The predicted octanol–water partition coefficient (Wildman–Crippen LogP) is 3.39. The minimum absolute atomic E-state index is 0.608. The zero-order valence-electron chi connectivity index (χ0n) is 10.9. The van der Waals surface area contributed by atoms with E-state index in [-0.39, 0.29) is 0 Å². The summed E-state index contributed by atoms with van der Waals surface area (Å²) in [6, 6.07) is 6.23. The van der Waals surface area contributed by atoms with Crippen LogP contribution in [0.4, 0.5) is 0 Å². The van der Waals surface area contributed by atoms with Crippen molar-refractivity contribution in [2.45, 2.75) is 26.0 Å². The van der Waals surface area contributed by atoms with Crippen molar-refractivity contribution in [2.75, 3.05) is 7.11 Å². The summed E-state index contributed by atoms with van der Waals surface area (Å²) >= 11 is 4.25. The Bertz CT molecular complexity index is 549. The van der Waals surface area contributed by atoms with Gasteiger partial charge in [-0.2, -0.15) is 12.6 Å². The van der Waals surface area contributed by atoms with Gasteiger partial charge in [0, 0.05) is 17.0 Å². The van der Waals surface area contributed by atoms with Crippen LogP contribution in [0.1, 0.15) is 24.0 Å². The summed E-state index contributed by atoms with van der Waals surface area (Å²) in [5, 5.41) is 0. The maximum atomic E-state index is 5.42. The second kappa shape index (κ2) is 5.48. The number of methoxy groups -OCH3 is 1. The molecule has 2 rings (SSSR count). The van der Waals surface area contributed by atoms with Crippen LogP contribution >= 0.6 is 12.6 Å². The fraction of sp³-hybridized carbons (Fsp3) is 0.357. The average molecular weight is 262 g/mol. The van der Waals surface area contributed by atoms with Crippen LogP contribution in [0.15, 0.2) is 18.2 Å². The largest absolute Gasteiger partial charge is 0.496 e. The van der Waals surface area contributed by atoms with Gasteiger partial charge in [0.25, 0.3) is 0 Å². The van der Waals surface area contributed by atoms with Gasteiger partial charge >= 0.3 is 0 Å². The number of thiol groups is 1. The number of nitrogens with one attached hydrogen (secondary N) is 1. The number of aromatic nitrogens is 2. The maximum absolute atomic E-state index is 5.42. The standard InChI is InChI=1S/C14H18N2OS/c1-4-10-5-6-12(17-3)11(7-10)14-9(2)15-13(8-18)16-14/h5-7,18H,4,8H2,1-3H3,(H,15,16). The van der Waals surface area contributed by atoms with Crippen molar-refractivity contribution in [1.82, 2.24) is 9.97 Å². The Balaban J connectivity index is 2.56. The molecule has 0 amide bonds. The molecule has 2 aromatic rings. The van der Waals surface area contributed by atoms with E-state index in [1.807, 2.05) is 13.0 Å². The van der Waals surface area contributed by atoms with E-state index in [0.717, 1.165) is 34.9 Å². The third-order valence-corrected chi connectivity index (χ3v) is 3.31. The van der Waals surface area contributed by atoms with Crippen molar-refractivity contribution >= 4 is 12.6 Å². The van der Waals surface area contributed by atoms with Gasteiger partial charge in [0.1, 0.15) is 11.6 Å². The van der Waals surface area contributed by atoms with Crippen LogP contribution in [-0.4, -0.2) is 17.1 Å². The van der Waals surface area contributed by atoms with Crippen molar-refractivity contribution in [3.63, 3.8) is 0 Å². The lowest BCUT2D eigenvalue weighted by Gasteiger charge is -2.09. The van der Waals surface area contributed by atoms with Crippen molar-refractivity contribution < 1.29 is 4.74 Å². The average Bonchev–Trinajstić information content (AvgIpc) is 2.79. The minimum atomic E-state index is 0.608. The molecular formula is C14H18N2OS. The first-order valence-corrected chi connectivity index (χ1v) is 6.66. The first-order chi connectivity index (χ1) is 8.69. The molecule has 0 fully saturated rings. The molecular weight excluding hydrogens is 244 g/mol. The SMILES string of the molecule is CCc1ccc(OC)c(-c2nc(CS)[nH]c2C)c1. The summed E-state index contributed by atoms with van der Waals surface area (Å²) in [6.45, 7) is 4.16. The number of ether oxygens (including phenoxy) is 1. The summed E-state index contributed by atoms with van der Waals surface area (Å²) in [5.41, 5.74) is 4.32. The Labute approximate surface area is 113 Å². The highest BCUT2D eigenvalue weighted by Gasteiger charge is 2.13. The van der Waals surface area contributed by atoms with Crippen LogP contribution in [-0.2, 0) is 12.2 Å². The summed E-state index contributed by atoms with van der Waals surface area (Å²) < 4.78 is 5.42. The van der Waals surface area contributed by atoms with E-state index < -0.39 is 0 Å². The second-order valence-corrected chi connectivity index (χ2v) is 4.52. The Hall–Kier alpha value is -1.42. The lowest BCUT2D eigenvalue weighted by atomic mass is 10.0. The number of aromatic amines is 1. The van der Waals surface area contributed by atoms with E-state index in [1.54, 1.807) is 7.11 Å². The van der Waals surface area contributed by atoms with E-state index in [4.69, 9.17) is 4.74 Å². The molecule has 18 heavy (non-hydrogen) atoms. The minimum Gasteiger partial charge on any atom is -0.496 e. The molecule has 0 saturated carbocycles. The second-order valence-electron chi connectivity index (χ2n) is 4.20. The zero-order chi connectivity index (χ0) is 13.1. The highest BCUT2D eigenvalue weighted by atomic mass is 32.1. The van der Waals surface area contributed by atoms with Crippen molar-refractivity contribution in [1.29, 1.82) is 0 Å². The molecule has 1 aromatic heterocycles. The number of hydrogen-bond acceptors (Lipinski definition) is 3. The third kappa shape index (κ3) is 2.38. The Morgan fingerprint density at radius 3 is 2.72 bits per heavy atom. The predicted molar refractivity (Wildman–Crippen MR) is 77.4 cm³/mol. The molecule has 1 heterocycles. The Morgan fingerprint density at radius 2 is 2.17 bits per heavy atom. The zero-order valence-corrected chi connectivity index (χ0v) is 11.8. The number of aryl methyl sites for hydroxylation is 2. The van der Waals surface area contributed by atoms with E-state index >= 15 is 0 Å². The van der Waals surface area contributed by atoms with Gasteiger partial charge in [0.15, 0.2) is 0 Å². The molecule has 0 aliphatic rings. The smallest absolute Gasteiger partial charge is 0.128 e. The number of nitrogens with zero attached hydrogens (tertiary/aromatic N) is 1. The van der Waals surface area contributed by atoms with Gasteiger partial charge in [-0.25, -0.2) is 4.98 Å². The van der Waals surface area contributed by atoms with Crippen LogP contribution < -0.4 is 4.74 Å². The van der Waals surface area contributed by atoms with Crippen molar-refractivity contribution in [3.05, 3.63) is 35.3 Å². The molecule has 1 N–H and O–H groups in total. The number of imidazole rings is 1. The third-order valence-electron chi connectivity index (χ3n) is 3.01. The molecule has 0 aliphatic heterocycles. The number of rotatable bonds is 4. The first kappa shape index (κ1) is 13.0. The number of benzene rings is 1. The fourth-order valence-corrected chi connectivity index (χ4v) is 2.17. The van der Waals surface area contributed by atoms with Gasteiger partial charge in [0.2, 0.25) is 0 Å². The Kier molecular flexibility index (Phi) is 3.97. The topological polar surface area (TPSA) is 37.9 Å². The van der Waals surface area contributed by atoms with Gasteiger partial charge in [-0.3, -0.25) is 0 Å². The lowest BCUT2D eigenvalue weighted by molar-refractivity contribution is 0.416. The summed E-state index contributed by atoms with van der Waals surface area (Å²) in [5.74, 6) is 2.35.